The van der Waals surface area contributed by atoms with E-state index in [1.165, 1.54) is 35.8 Å². The molecule has 2 fully saturated rings. The Morgan fingerprint density at radius 1 is 1.34 bits per heavy atom. The highest BCUT2D eigenvalue weighted by molar-refractivity contribution is 5.88. The van der Waals surface area contributed by atoms with Crippen molar-refractivity contribution in [1.29, 1.82) is 0 Å². The summed E-state index contributed by atoms with van der Waals surface area (Å²) in [6.45, 7) is 3.86. The first-order valence-corrected chi connectivity index (χ1v) is 11.2. The number of aromatic nitrogens is 2. The lowest BCUT2D eigenvalue weighted by Gasteiger charge is -2.41. The Hall–Kier alpha value is -3.06. The van der Waals surface area contributed by atoms with Gasteiger partial charge < -0.3 is 20.1 Å². The Bertz CT molecular complexity index is 1180. The molecule has 2 aliphatic rings. The number of H-pyrrole nitrogens is 1. The number of aryl methyl sites for hydroxylation is 1. The summed E-state index contributed by atoms with van der Waals surface area (Å²) in [4.78, 5) is 21.7. The molecule has 1 aliphatic carbocycles. The summed E-state index contributed by atoms with van der Waals surface area (Å²) >= 11 is 0. The van der Waals surface area contributed by atoms with Crippen LogP contribution in [0.5, 0.6) is 5.75 Å². The minimum atomic E-state index is -1.01. The second kappa shape index (κ2) is 7.81. The Labute approximate surface area is 187 Å². The Morgan fingerprint density at radius 3 is 2.84 bits per heavy atom. The van der Waals surface area contributed by atoms with Crippen LogP contribution in [0.3, 0.4) is 0 Å². The summed E-state index contributed by atoms with van der Waals surface area (Å²) < 4.78 is 5.80. The van der Waals surface area contributed by atoms with E-state index in [0.717, 1.165) is 36.3 Å². The summed E-state index contributed by atoms with van der Waals surface area (Å²) in [6.07, 6.45) is 6.82. The number of carboxylic acids is 1. The van der Waals surface area contributed by atoms with Crippen molar-refractivity contribution in [2.45, 2.75) is 45.2 Å². The van der Waals surface area contributed by atoms with E-state index in [9.17, 15) is 9.90 Å². The lowest BCUT2D eigenvalue weighted by Crippen LogP contribution is -2.37. The molecule has 0 radical (unpaired) electrons. The van der Waals surface area contributed by atoms with Crippen LogP contribution in [0.2, 0.25) is 0 Å². The number of benzene rings is 1. The van der Waals surface area contributed by atoms with Crippen LogP contribution < -0.4 is 10.1 Å². The van der Waals surface area contributed by atoms with E-state index < -0.39 is 5.97 Å². The number of rotatable bonds is 6. The van der Waals surface area contributed by atoms with Crippen molar-refractivity contribution in [2.75, 3.05) is 26.0 Å². The molecule has 1 aromatic carbocycles. The number of ether oxygens (including phenoxy) is 1. The molecule has 0 amide bonds. The third-order valence-corrected chi connectivity index (χ3v) is 7.39. The van der Waals surface area contributed by atoms with Crippen LogP contribution in [0.25, 0.3) is 10.9 Å². The molecule has 1 spiro atoms. The van der Waals surface area contributed by atoms with Crippen molar-refractivity contribution in [1.82, 2.24) is 14.9 Å². The van der Waals surface area contributed by atoms with Crippen molar-refractivity contribution < 1.29 is 14.6 Å². The molecule has 1 saturated heterocycles. The Kier molecular flexibility index (Phi) is 5.08. The second-order valence-electron chi connectivity index (χ2n) is 9.27. The largest absolute Gasteiger partial charge is 0.496 e. The van der Waals surface area contributed by atoms with Crippen LogP contribution >= 0.6 is 0 Å². The minimum absolute atomic E-state index is 0.0656. The van der Waals surface area contributed by atoms with Crippen molar-refractivity contribution in [3.63, 3.8) is 0 Å². The van der Waals surface area contributed by atoms with Gasteiger partial charge in [-0.1, -0.05) is 6.07 Å². The topological polar surface area (TPSA) is 90.5 Å². The van der Waals surface area contributed by atoms with Gasteiger partial charge >= 0.3 is 5.97 Å². The second-order valence-corrected chi connectivity index (χ2v) is 9.27. The SMILES string of the molecule is CNc1nc(C(=O)O)ccc1C1CC2(CCN1Cc1c(OC)cc(C)c3[nH]ccc13)CC2. The smallest absolute Gasteiger partial charge is 0.354 e. The average molecular weight is 435 g/mol. The van der Waals surface area contributed by atoms with E-state index in [1.54, 1.807) is 13.2 Å². The van der Waals surface area contributed by atoms with Gasteiger partial charge in [-0.3, -0.25) is 4.90 Å². The number of nitrogens with one attached hydrogen (secondary N) is 2. The molecule has 2 aromatic heterocycles. The van der Waals surface area contributed by atoms with Gasteiger partial charge in [0.15, 0.2) is 5.69 Å². The number of carboxylic acid groups (broad SMARTS) is 1. The number of hydrogen-bond donors (Lipinski definition) is 3. The number of pyridine rings is 1. The van der Waals surface area contributed by atoms with Crippen molar-refractivity contribution >= 4 is 22.7 Å². The molecule has 3 aromatic rings. The fourth-order valence-electron chi connectivity index (χ4n) is 5.35. The van der Waals surface area contributed by atoms with Crippen LogP contribution in [0.15, 0.2) is 30.5 Å². The maximum absolute atomic E-state index is 11.5. The zero-order valence-corrected chi connectivity index (χ0v) is 18.9. The van der Waals surface area contributed by atoms with Crippen molar-refractivity contribution in [3.8, 4) is 5.75 Å². The maximum Gasteiger partial charge on any atom is 0.354 e. The summed E-state index contributed by atoms with van der Waals surface area (Å²) in [5, 5.41) is 13.7. The lowest BCUT2D eigenvalue weighted by molar-refractivity contribution is 0.0690. The molecule has 1 aliphatic heterocycles. The van der Waals surface area contributed by atoms with Crippen LogP contribution in [0.1, 0.15) is 58.9 Å². The first-order chi connectivity index (χ1) is 15.4. The summed E-state index contributed by atoms with van der Waals surface area (Å²) in [5.41, 5.74) is 5.07. The number of aromatic carboxylic acids is 1. The highest BCUT2D eigenvalue weighted by atomic mass is 16.5. The molecular formula is C25H30N4O3. The maximum atomic E-state index is 11.5. The number of hydrogen-bond acceptors (Lipinski definition) is 5. The number of methoxy groups -OCH3 is 1. The van der Waals surface area contributed by atoms with Crippen LogP contribution in [0, 0.1) is 12.3 Å². The third kappa shape index (κ3) is 3.50. The van der Waals surface area contributed by atoms with Crippen LogP contribution in [0.4, 0.5) is 5.82 Å². The number of nitrogens with zero attached hydrogens (tertiary/aromatic N) is 2. The van der Waals surface area contributed by atoms with Gasteiger partial charge in [-0.15, -0.1) is 0 Å². The van der Waals surface area contributed by atoms with Gasteiger partial charge in [0.25, 0.3) is 0 Å². The van der Waals surface area contributed by atoms with E-state index in [4.69, 9.17) is 4.74 Å². The number of carbonyl (C=O) groups is 1. The fourth-order valence-corrected chi connectivity index (χ4v) is 5.35. The van der Waals surface area contributed by atoms with Crippen LogP contribution in [-0.2, 0) is 6.54 Å². The van der Waals surface area contributed by atoms with Crippen LogP contribution in [-0.4, -0.2) is 46.6 Å². The predicted molar refractivity (Wildman–Crippen MR) is 124 cm³/mol. The standard InChI is InChI=1S/C25H30N4O3/c1-15-12-21(32-3)18(16-6-10-27-22(15)16)14-29-11-9-25(7-8-25)13-20(29)17-4-5-19(24(30)31)28-23(17)26-2/h4-6,10,12,20,27H,7-9,11,13-14H2,1-3H3,(H,26,28)(H,30,31). The predicted octanol–water partition coefficient (Wildman–Crippen LogP) is 4.74. The van der Waals surface area contributed by atoms with Gasteiger partial charge in [-0.25, -0.2) is 9.78 Å². The first-order valence-electron chi connectivity index (χ1n) is 11.2. The van der Waals surface area contributed by atoms with Gasteiger partial charge in [0.05, 0.1) is 7.11 Å². The Balaban J connectivity index is 1.55. The zero-order valence-electron chi connectivity index (χ0n) is 18.9. The number of anilines is 1. The van der Waals surface area contributed by atoms with E-state index in [2.05, 4.69) is 39.2 Å². The highest BCUT2D eigenvalue weighted by Crippen LogP contribution is 2.58. The summed E-state index contributed by atoms with van der Waals surface area (Å²) in [7, 11) is 3.54. The molecule has 7 heteroatoms. The van der Waals surface area contributed by atoms with E-state index in [0.29, 0.717) is 11.2 Å². The molecular weight excluding hydrogens is 404 g/mol. The van der Waals surface area contributed by atoms with E-state index in [1.807, 2.05) is 19.3 Å². The number of likely N-dealkylation sites (tertiary alicyclic amines) is 1. The highest BCUT2D eigenvalue weighted by Gasteiger charge is 2.49. The first kappa shape index (κ1) is 20.8. The molecule has 32 heavy (non-hydrogen) atoms. The summed E-state index contributed by atoms with van der Waals surface area (Å²) in [5.74, 6) is 0.556. The molecule has 1 atom stereocenters. The van der Waals surface area contributed by atoms with E-state index in [-0.39, 0.29) is 11.7 Å². The fraction of sp³-hybridized carbons (Fsp3) is 0.440. The molecule has 168 valence electrons. The third-order valence-electron chi connectivity index (χ3n) is 7.39. The van der Waals surface area contributed by atoms with Gasteiger partial charge in [0.1, 0.15) is 11.6 Å². The van der Waals surface area contributed by atoms with Crippen molar-refractivity contribution in [2.24, 2.45) is 5.41 Å². The number of fused-ring (bicyclic) bond motifs is 1. The van der Waals surface area contributed by atoms with E-state index >= 15 is 0 Å². The monoisotopic (exact) mass is 434 g/mol. The van der Waals surface area contributed by atoms with Gasteiger partial charge in [-0.2, -0.15) is 0 Å². The molecule has 0 bridgehead atoms. The molecule has 5 rings (SSSR count). The zero-order chi connectivity index (χ0) is 22.5. The van der Waals surface area contributed by atoms with Gasteiger partial charge in [0.2, 0.25) is 0 Å². The summed E-state index contributed by atoms with van der Waals surface area (Å²) in [6, 6.07) is 7.98. The number of aromatic amines is 1. The Morgan fingerprint density at radius 2 is 2.16 bits per heavy atom. The van der Waals surface area contributed by atoms with Gasteiger partial charge in [0, 0.05) is 47.9 Å². The normalized spacial score (nSPS) is 19.9. The average Bonchev–Trinajstić information content (AvgIpc) is 3.35. The molecule has 3 heterocycles. The number of piperidine rings is 1. The minimum Gasteiger partial charge on any atom is -0.496 e. The molecule has 1 unspecified atom stereocenters. The lowest BCUT2D eigenvalue weighted by atomic mass is 9.84. The molecule has 3 N–H and O–H groups in total. The van der Waals surface area contributed by atoms with Gasteiger partial charge in [-0.05, 0) is 68.3 Å². The molecule has 7 nitrogen and oxygen atoms in total. The quantitative estimate of drug-likeness (QED) is 0.519. The molecule has 1 saturated carbocycles. The van der Waals surface area contributed by atoms with Crippen molar-refractivity contribution in [3.05, 3.63) is 52.8 Å².